The minimum Gasteiger partial charge on any atom is -0.310 e. The number of nitrogens with one attached hydrogen (secondary N) is 1. The van der Waals surface area contributed by atoms with E-state index < -0.39 is 0 Å². The van der Waals surface area contributed by atoms with Crippen molar-refractivity contribution in [2.45, 2.75) is 50.9 Å². The number of hydrogen-bond donors (Lipinski definition) is 1. The number of nitrogens with zero attached hydrogens (tertiary/aromatic N) is 2. The van der Waals surface area contributed by atoms with Gasteiger partial charge in [-0.1, -0.05) is 18.0 Å². The number of halogens is 1. The van der Waals surface area contributed by atoms with E-state index in [-0.39, 0.29) is 0 Å². The third kappa shape index (κ3) is 2.70. The van der Waals surface area contributed by atoms with Crippen molar-refractivity contribution in [3.8, 4) is 0 Å². The third-order valence-corrected chi connectivity index (χ3v) is 5.80. The van der Waals surface area contributed by atoms with Crippen molar-refractivity contribution in [1.82, 2.24) is 15.1 Å². The maximum absolute atomic E-state index is 6.30. The second kappa shape index (κ2) is 5.85. The Bertz CT molecular complexity index is 407. The van der Waals surface area contributed by atoms with E-state index in [0.717, 1.165) is 36.0 Å². The summed E-state index contributed by atoms with van der Waals surface area (Å²) in [6.45, 7) is 6.82. The molecule has 0 atom stereocenters. The van der Waals surface area contributed by atoms with Gasteiger partial charge in [0.05, 0.1) is 16.4 Å². The van der Waals surface area contributed by atoms with E-state index in [4.69, 9.17) is 11.6 Å². The highest BCUT2D eigenvalue weighted by Crippen LogP contribution is 2.42. The highest BCUT2D eigenvalue weighted by Gasteiger charge is 2.35. The number of rotatable bonds is 6. The van der Waals surface area contributed by atoms with E-state index in [1.54, 1.807) is 0 Å². The molecule has 0 spiro atoms. The predicted molar refractivity (Wildman–Crippen MR) is 79.5 cm³/mol. The summed E-state index contributed by atoms with van der Waals surface area (Å²) in [5, 5.41) is 8.81. The maximum Gasteiger partial charge on any atom is 0.0860 e. The molecule has 102 valence electrons. The maximum atomic E-state index is 6.30. The van der Waals surface area contributed by atoms with Crippen LogP contribution < -0.4 is 5.32 Å². The van der Waals surface area contributed by atoms with Crippen LogP contribution in [-0.2, 0) is 13.1 Å². The molecule has 0 unspecified atom stereocenters. The van der Waals surface area contributed by atoms with E-state index in [1.165, 1.54) is 19.3 Å². The summed E-state index contributed by atoms with van der Waals surface area (Å²) in [5.74, 6) is 0. The summed E-state index contributed by atoms with van der Waals surface area (Å²) in [7, 11) is 0. The van der Waals surface area contributed by atoms with Gasteiger partial charge in [0.25, 0.3) is 0 Å². The van der Waals surface area contributed by atoms with E-state index in [1.807, 2.05) is 23.4 Å². The highest BCUT2D eigenvalue weighted by atomic mass is 35.5. The quantitative estimate of drug-likeness (QED) is 0.871. The summed E-state index contributed by atoms with van der Waals surface area (Å²) >= 11 is 8.29. The van der Waals surface area contributed by atoms with Crippen molar-refractivity contribution in [1.29, 1.82) is 0 Å². The molecular formula is C13H22ClN3S. The van der Waals surface area contributed by atoms with Gasteiger partial charge in [0.1, 0.15) is 0 Å². The minimum absolute atomic E-state index is 0.471. The molecule has 0 radical (unpaired) electrons. The van der Waals surface area contributed by atoms with Gasteiger partial charge in [0, 0.05) is 24.4 Å². The zero-order chi connectivity index (χ0) is 13.2. The largest absolute Gasteiger partial charge is 0.310 e. The molecule has 1 saturated carbocycles. The fourth-order valence-electron chi connectivity index (χ4n) is 2.47. The fraction of sp³-hybridized carbons (Fsp3) is 0.769. The standard InChI is InChI=1S/C13H22ClN3S/c1-4-17-11(12(14)10(2)16-17)8-15-9-13(18-3)6-5-7-13/h15H,4-9H2,1-3H3. The molecular weight excluding hydrogens is 266 g/mol. The van der Waals surface area contributed by atoms with Crippen molar-refractivity contribution < 1.29 is 0 Å². The number of aryl methyl sites for hydroxylation is 2. The first-order valence-corrected chi connectivity index (χ1v) is 8.20. The van der Waals surface area contributed by atoms with Crippen LogP contribution >= 0.6 is 23.4 Å². The Morgan fingerprint density at radius 3 is 2.72 bits per heavy atom. The van der Waals surface area contributed by atoms with Gasteiger partial charge in [-0.2, -0.15) is 16.9 Å². The molecule has 1 N–H and O–H groups in total. The molecule has 1 aromatic heterocycles. The third-order valence-electron chi connectivity index (χ3n) is 3.89. The molecule has 1 heterocycles. The van der Waals surface area contributed by atoms with Crippen LogP contribution in [0.1, 0.15) is 37.6 Å². The van der Waals surface area contributed by atoms with Crippen LogP contribution in [0.2, 0.25) is 5.02 Å². The lowest BCUT2D eigenvalue weighted by molar-refractivity contribution is 0.343. The van der Waals surface area contributed by atoms with Crippen molar-refractivity contribution in [2.24, 2.45) is 0 Å². The summed E-state index contributed by atoms with van der Waals surface area (Å²) in [6.07, 6.45) is 6.26. The molecule has 0 amide bonds. The van der Waals surface area contributed by atoms with Crippen LogP contribution in [0, 0.1) is 6.92 Å². The average Bonchev–Trinajstić information content (AvgIpc) is 2.60. The fourth-order valence-corrected chi connectivity index (χ4v) is 3.62. The molecule has 1 aliphatic carbocycles. The van der Waals surface area contributed by atoms with E-state index >= 15 is 0 Å². The lowest BCUT2D eigenvalue weighted by Crippen LogP contribution is -2.43. The van der Waals surface area contributed by atoms with Crippen LogP contribution in [0.25, 0.3) is 0 Å². The highest BCUT2D eigenvalue weighted by molar-refractivity contribution is 8.00. The van der Waals surface area contributed by atoms with Crippen LogP contribution in [-0.4, -0.2) is 27.3 Å². The van der Waals surface area contributed by atoms with Gasteiger partial charge in [-0.15, -0.1) is 0 Å². The summed E-state index contributed by atoms with van der Waals surface area (Å²) < 4.78 is 2.47. The van der Waals surface area contributed by atoms with Gasteiger partial charge in [0.15, 0.2) is 0 Å². The Kier molecular flexibility index (Phi) is 4.62. The Labute approximate surface area is 119 Å². The zero-order valence-electron chi connectivity index (χ0n) is 11.4. The molecule has 18 heavy (non-hydrogen) atoms. The molecule has 2 rings (SSSR count). The lowest BCUT2D eigenvalue weighted by Gasteiger charge is -2.40. The normalized spacial score (nSPS) is 17.8. The van der Waals surface area contributed by atoms with Crippen molar-refractivity contribution >= 4 is 23.4 Å². The molecule has 0 bridgehead atoms. The first kappa shape index (κ1) is 14.2. The second-order valence-corrected chi connectivity index (χ2v) is 6.66. The van der Waals surface area contributed by atoms with E-state index in [9.17, 15) is 0 Å². The molecule has 1 fully saturated rings. The molecule has 1 aliphatic rings. The average molecular weight is 288 g/mol. The van der Waals surface area contributed by atoms with Gasteiger partial charge in [0.2, 0.25) is 0 Å². The predicted octanol–water partition coefficient (Wildman–Crippen LogP) is 3.24. The van der Waals surface area contributed by atoms with Crippen molar-refractivity contribution in [3.05, 3.63) is 16.4 Å². The zero-order valence-corrected chi connectivity index (χ0v) is 13.0. The Hall–Kier alpha value is -0.190. The summed E-state index contributed by atoms with van der Waals surface area (Å²) in [4.78, 5) is 0. The lowest BCUT2D eigenvalue weighted by atomic mass is 9.84. The smallest absolute Gasteiger partial charge is 0.0860 e. The number of hydrogen-bond acceptors (Lipinski definition) is 3. The Balaban J connectivity index is 1.94. The second-order valence-electron chi connectivity index (χ2n) is 5.01. The van der Waals surface area contributed by atoms with Crippen LogP contribution in [0.4, 0.5) is 0 Å². The molecule has 0 aliphatic heterocycles. The number of thioether (sulfide) groups is 1. The molecule has 3 nitrogen and oxygen atoms in total. The molecule has 5 heteroatoms. The van der Waals surface area contributed by atoms with Gasteiger partial charge in [-0.3, -0.25) is 4.68 Å². The Morgan fingerprint density at radius 1 is 1.50 bits per heavy atom. The van der Waals surface area contributed by atoms with Crippen molar-refractivity contribution in [2.75, 3.05) is 12.8 Å². The van der Waals surface area contributed by atoms with E-state index in [2.05, 4.69) is 23.6 Å². The van der Waals surface area contributed by atoms with Crippen LogP contribution in [0.3, 0.4) is 0 Å². The summed E-state index contributed by atoms with van der Waals surface area (Å²) in [5.41, 5.74) is 2.05. The van der Waals surface area contributed by atoms with Gasteiger partial charge >= 0.3 is 0 Å². The number of aromatic nitrogens is 2. The molecule has 1 aromatic rings. The SMILES string of the molecule is CCn1nc(C)c(Cl)c1CNCC1(SC)CCC1. The molecule has 0 aromatic carbocycles. The van der Waals surface area contributed by atoms with Gasteiger partial charge < -0.3 is 5.32 Å². The summed E-state index contributed by atoms with van der Waals surface area (Å²) in [6, 6.07) is 0. The first-order valence-electron chi connectivity index (χ1n) is 6.59. The first-order chi connectivity index (χ1) is 8.62. The van der Waals surface area contributed by atoms with E-state index in [0.29, 0.717) is 4.75 Å². The topological polar surface area (TPSA) is 29.9 Å². The Morgan fingerprint density at radius 2 is 2.22 bits per heavy atom. The van der Waals surface area contributed by atoms with Crippen LogP contribution in [0.15, 0.2) is 0 Å². The van der Waals surface area contributed by atoms with Gasteiger partial charge in [-0.05, 0) is 32.9 Å². The van der Waals surface area contributed by atoms with Crippen LogP contribution in [0.5, 0.6) is 0 Å². The van der Waals surface area contributed by atoms with Crippen molar-refractivity contribution in [3.63, 3.8) is 0 Å². The molecule has 0 saturated heterocycles. The minimum atomic E-state index is 0.471. The monoisotopic (exact) mass is 287 g/mol. The van der Waals surface area contributed by atoms with Gasteiger partial charge in [-0.25, -0.2) is 0 Å².